The molecule has 1 aromatic carbocycles. The molecule has 0 aliphatic rings. The van der Waals surface area contributed by atoms with Crippen molar-refractivity contribution in [2.45, 2.75) is 32.8 Å². The van der Waals surface area contributed by atoms with Crippen molar-refractivity contribution in [3.63, 3.8) is 0 Å². The molecule has 0 aliphatic carbocycles. The molecule has 2 rings (SSSR count). The first kappa shape index (κ1) is 23.6. The number of nitrogens with one attached hydrogen (secondary N) is 2. The number of benzene rings is 1. The summed E-state index contributed by atoms with van der Waals surface area (Å²) >= 11 is 6.00. The van der Waals surface area contributed by atoms with Crippen LogP contribution in [0.15, 0.2) is 33.8 Å². The van der Waals surface area contributed by atoms with E-state index < -0.39 is 0 Å². The van der Waals surface area contributed by atoms with Crippen molar-refractivity contribution >= 4 is 41.5 Å². The lowest BCUT2D eigenvalue weighted by Crippen LogP contribution is -2.40. The highest BCUT2D eigenvalue weighted by atomic mass is 127. The molecule has 0 amide bonds. The molecule has 27 heavy (non-hydrogen) atoms. The van der Waals surface area contributed by atoms with Gasteiger partial charge in [0.25, 0.3) is 0 Å². The highest BCUT2D eigenvalue weighted by Gasteiger charge is 2.16. The number of hydrogen-bond donors (Lipinski definition) is 2. The standard InChI is InChI=1S/C18H26ClN5O2.HI/c1-5-20-17(22-12-18(2,3)25-4)21-10-9-15-23-16(24-26-15)13-7-6-8-14(19)11-13;/h6-8,11H,5,9-10,12H2,1-4H3,(H2,20,21,22);1H. The Hall–Kier alpha value is -1.39. The van der Waals surface area contributed by atoms with E-state index >= 15 is 0 Å². The summed E-state index contributed by atoms with van der Waals surface area (Å²) < 4.78 is 10.7. The lowest BCUT2D eigenvalue weighted by atomic mass is 10.1. The quantitative estimate of drug-likeness (QED) is 0.323. The fraction of sp³-hybridized carbons (Fsp3) is 0.500. The Bertz CT molecular complexity index is 736. The second-order valence-electron chi connectivity index (χ2n) is 6.36. The third-order valence-corrected chi connectivity index (χ3v) is 3.93. The predicted octanol–water partition coefficient (Wildman–Crippen LogP) is 3.53. The van der Waals surface area contributed by atoms with Crippen LogP contribution < -0.4 is 10.6 Å². The third kappa shape index (κ3) is 8.02. The van der Waals surface area contributed by atoms with Crippen molar-refractivity contribution < 1.29 is 9.26 Å². The molecular formula is C18H27ClIN5O2. The van der Waals surface area contributed by atoms with Gasteiger partial charge in [-0.1, -0.05) is 28.9 Å². The Morgan fingerprint density at radius 3 is 2.78 bits per heavy atom. The first-order chi connectivity index (χ1) is 12.4. The van der Waals surface area contributed by atoms with E-state index in [1.165, 1.54) is 0 Å². The van der Waals surface area contributed by atoms with E-state index in [0.29, 0.717) is 36.2 Å². The molecule has 2 N–H and O–H groups in total. The van der Waals surface area contributed by atoms with Crippen LogP contribution in [0.4, 0.5) is 0 Å². The number of aliphatic imine (C=N–C) groups is 1. The van der Waals surface area contributed by atoms with Gasteiger partial charge in [-0.05, 0) is 32.9 Å². The van der Waals surface area contributed by atoms with Gasteiger partial charge in [0.15, 0.2) is 5.96 Å². The summed E-state index contributed by atoms with van der Waals surface area (Å²) in [5.41, 5.74) is 0.526. The van der Waals surface area contributed by atoms with Crippen molar-refractivity contribution in [3.8, 4) is 11.4 Å². The Morgan fingerprint density at radius 1 is 1.33 bits per heavy atom. The molecule has 0 atom stereocenters. The number of halogens is 2. The van der Waals surface area contributed by atoms with Gasteiger partial charge in [0.1, 0.15) is 0 Å². The van der Waals surface area contributed by atoms with Gasteiger partial charge in [-0.15, -0.1) is 24.0 Å². The smallest absolute Gasteiger partial charge is 0.228 e. The van der Waals surface area contributed by atoms with Crippen molar-refractivity contribution in [2.24, 2.45) is 4.99 Å². The second-order valence-corrected chi connectivity index (χ2v) is 6.79. The van der Waals surface area contributed by atoms with Crippen molar-refractivity contribution in [3.05, 3.63) is 35.2 Å². The summed E-state index contributed by atoms with van der Waals surface area (Å²) in [4.78, 5) is 8.94. The first-order valence-corrected chi connectivity index (χ1v) is 8.97. The van der Waals surface area contributed by atoms with Crippen LogP contribution in [0, 0.1) is 0 Å². The fourth-order valence-electron chi connectivity index (χ4n) is 2.06. The fourth-order valence-corrected chi connectivity index (χ4v) is 2.26. The summed E-state index contributed by atoms with van der Waals surface area (Å²) in [6, 6.07) is 7.37. The molecule has 0 radical (unpaired) electrons. The van der Waals surface area contributed by atoms with Gasteiger partial charge in [-0.2, -0.15) is 4.98 Å². The van der Waals surface area contributed by atoms with Crippen LogP contribution in [0.1, 0.15) is 26.7 Å². The number of ether oxygens (including phenoxy) is 1. The lowest BCUT2D eigenvalue weighted by Gasteiger charge is -2.21. The van der Waals surface area contributed by atoms with Crippen molar-refractivity contribution in [1.82, 2.24) is 20.8 Å². The molecule has 1 aromatic heterocycles. The minimum atomic E-state index is -0.305. The van der Waals surface area contributed by atoms with Crippen molar-refractivity contribution in [1.29, 1.82) is 0 Å². The molecule has 0 spiro atoms. The van der Waals surface area contributed by atoms with Gasteiger partial charge in [0, 0.05) is 37.2 Å². The van der Waals surface area contributed by atoms with Gasteiger partial charge in [0.05, 0.1) is 12.1 Å². The molecule has 0 saturated carbocycles. The maximum Gasteiger partial charge on any atom is 0.228 e. The second kappa shape index (κ2) is 11.5. The maximum atomic E-state index is 6.00. The molecule has 0 fully saturated rings. The Kier molecular flexibility index (Phi) is 10.0. The Morgan fingerprint density at radius 2 is 2.11 bits per heavy atom. The average Bonchev–Trinajstić information content (AvgIpc) is 3.09. The van der Waals surface area contributed by atoms with Gasteiger partial charge >= 0.3 is 0 Å². The van der Waals surface area contributed by atoms with E-state index in [9.17, 15) is 0 Å². The monoisotopic (exact) mass is 507 g/mol. The molecule has 0 bridgehead atoms. The molecule has 150 valence electrons. The predicted molar refractivity (Wildman–Crippen MR) is 119 cm³/mol. The van der Waals surface area contributed by atoms with E-state index in [4.69, 9.17) is 20.9 Å². The number of rotatable bonds is 8. The maximum absolute atomic E-state index is 6.00. The summed E-state index contributed by atoms with van der Waals surface area (Å²) in [6.07, 6.45) is 0.589. The van der Waals surface area contributed by atoms with Gasteiger partial charge in [-0.3, -0.25) is 4.99 Å². The van der Waals surface area contributed by atoms with Gasteiger partial charge < -0.3 is 19.9 Å². The number of methoxy groups -OCH3 is 1. The third-order valence-electron chi connectivity index (χ3n) is 3.70. The molecule has 9 heteroatoms. The topological polar surface area (TPSA) is 84.6 Å². The van der Waals surface area contributed by atoms with E-state index in [-0.39, 0.29) is 29.6 Å². The summed E-state index contributed by atoms with van der Waals surface area (Å²) in [5.74, 6) is 1.82. The molecular weight excluding hydrogens is 481 g/mol. The minimum absolute atomic E-state index is 0. The van der Waals surface area contributed by atoms with Crippen LogP contribution in [0.25, 0.3) is 11.4 Å². The normalized spacial score (nSPS) is 11.8. The molecule has 0 aliphatic heterocycles. The van der Waals surface area contributed by atoms with Crippen molar-refractivity contribution in [2.75, 3.05) is 26.7 Å². The van der Waals surface area contributed by atoms with E-state index in [2.05, 4.69) is 25.8 Å². The number of guanidine groups is 1. The molecule has 0 unspecified atom stereocenters. The molecule has 2 aromatic rings. The zero-order valence-corrected chi connectivity index (χ0v) is 19.2. The van der Waals surface area contributed by atoms with Gasteiger partial charge in [-0.25, -0.2) is 0 Å². The zero-order valence-electron chi connectivity index (χ0n) is 16.1. The SMILES string of the molecule is CCNC(=NCC(C)(C)OC)NCCc1nc(-c2cccc(Cl)c2)no1.I. The summed E-state index contributed by atoms with van der Waals surface area (Å²) in [7, 11) is 1.68. The van der Waals surface area contributed by atoms with Crippen LogP contribution in [-0.2, 0) is 11.2 Å². The van der Waals surface area contributed by atoms with Crippen LogP contribution in [0.2, 0.25) is 5.02 Å². The Labute approximate surface area is 182 Å². The van der Waals surface area contributed by atoms with Crippen LogP contribution in [-0.4, -0.2) is 48.4 Å². The molecule has 0 saturated heterocycles. The van der Waals surface area contributed by atoms with Crippen LogP contribution in [0.3, 0.4) is 0 Å². The number of hydrogen-bond acceptors (Lipinski definition) is 5. The lowest BCUT2D eigenvalue weighted by molar-refractivity contribution is 0.0310. The highest BCUT2D eigenvalue weighted by molar-refractivity contribution is 14.0. The average molecular weight is 508 g/mol. The zero-order chi connectivity index (χ0) is 19.0. The number of aromatic nitrogens is 2. The molecule has 7 nitrogen and oxygen atoms in total. The number of nitrogens with zero attached hydrogens (tertiary/aromatic N) is 3. The van der Waals surface area contributed by atoms with E-state index in [0.717, 1.165) is 18.1 Å². The van der Waals surface area contributed by atoms with Crippen LogP contribution in [0.5, 0.6) is 0 Å². The van der Waals surface area contributed by atoms with E-state index in [1.807, 2.05) is 45.0 Å². The molecule has 1 heterocycles. The first-order valence-electron chi connectivity index (χ1n) is 8.59. The minimum Gasteiger partial charge on any atom is -0.377 e. The highest BCUT2D eigenvalue weighted by Crippen LogP contribution is 2.19. The Balaban J connectivity index is 0.00000364. The van der Waals surface area contributed by atoms with Gasteiger partial charge in [0.2, 0.25) is 11.7 Å². The summed E-state index contributed by atoms with van der Waals surface area (Å²) in [6.45, 7) is 7.97. The van der Waals surface area contributed by atoms with E-state index in [1.54, 1.807) is 7.11 Å². The summed E-state index contributed by atoms with van der Waals surface area (Å²) in [5, 5.41) is 11.1. The largest absolute Gasteiger partial charge is 0.377 e. The van der Waals surface area contributed by atoms with Crippen LogP contribution >= 0.6 is 35.6 Å².